The van der Waals surface area contributed by atoms with Crippen molar-refractivity contribution in [3.8, 4) is 5.75 Å². The summed E-state index contributed by atoms with van der Waals surface area (Å²) in [6, 6.07) is 7.36. The van der Waals surface area contributed by atoms with Crippen LogP contribution in [0.25, 0.3) is 0 Å². The fourth-order valence-electron chi connectivity index (χ4n) is 5.15. The highest BCUT2D eigenvalue weighted by Gasteiger charge is 2.41. The van der Waals surface area contributed by atoms with E-state index in [1.807, 2.05) is 28.0 Å². The monoisotopic (exact) mass is 477 g/mol. The third kappa shape index (κ3) is 6.84. The summed E-state index contributed by atoms with van der Waals surface area (Å²) in [4.78, 5) is 32.5. The second-order valence-corrected chi connectivity index (χ2v) is 10.1. The van der Waals surface area contributed by atoms with Crippen LogP contribution in [0.4, 0.5) is 0 Å². The minimum Gasteiger partial charge on any atom is -0.493 e. The van der Waals surface area contributed by atoms with Gasteiger partial charge in [0, 0.05) is 56.1 Å². The molecule has 0 saturated carbocycles. The van der Waals surface area contributed by atoms with Crippen molar-refractivity contribution in [2.45, 2.75) is 38.5 Å². The van der Waals surface area contributed by atoms with Crippen LogP contribution in [0.1, 0.15) is 38.5 Å². The molecular weight excluding hydrogens is 442 g/mol. The van der Waals surface area contributed by atoms with Crippen molar-refractivity contribution in [3.05, 3.63) is 29.3 Å². The maximum Gasteiger partial charge on any atom is 0.236 e. The number of piperidine rings is 2. The van der Waals surface area contributed by atoms with E-state index in [0.29, 0.717) is 50.1 Å². The van der Waals surface area contributed by atoms with E-state index in [2.05, 4.69) is 4.90 Å². The number of likely N-dealkylation sites (tertiary alicyclic amines) is 2. The highest BCUT2D eigenvalue weighted by atomic mass is 35.5. The Kier molecular flexibility index (Phi) is 8.50. The molecule has 2 amide bonds. The van der Waals surface area contributed by atoms with Gasteiger partial charge in [-0.3, -0.25) is 14.5 Å². The Bertz CT molecular complexity index is 811. The molecule has 3 fully saturated rings. The molecule has 8 heteroatoms. The number of rotatable bonds is 7. The summed E-state index contributed by atoms with van der Waals surface area (Å²) in [6.45, 7) is 6.70. The lowest BCUT2D eigenvalue weighted by molar-refractivity contribution is -0.143. The van der Waals surface area contributed by atoms with E-state index in [9.17, 15) is 9.59 Å². The van der Waals surface area contributed by atoms with Crippen LogP contribution < -0.4 is 4.74 Å². The zero-order valence-corrected chi connectivity index (χ0v) is 20.2. The third-order valence-corrected chi connectivity index (χ3v) is 7.29. The van der Waals surface area contributed by atoms with Crippen molar-refractivity contribution in [2.75, 3.05) is 65.6 Å². The number of nitrogens with zero attached hydrogens (tertiary/aromatic N) is 3. The number of ether oxygens (including phenoxy) is 2. The number of morpholine rings is 1. The molecule has 1 aromatic carbocycles. The van der Waals surface area contributed by atoms with E-state index < -0.39 is 5.41 Å². The summed E-state index contributed by atoms with van der Waals surface area (Å²) in [7, 11) is 0. The molecule has 0 aromatic heterocycles. The van der Waals surface area contributed by atoms with Gasteiger partial charge >= 0.3 is 0 Å². The summed E-state index contributed by atoms with van der Waals surface area (Å²) in [6.07, 6.45) is 5.49. The molecule has 0 spiro atoms. The van der Waals surface area contributed by atoms with Crippen LogP contribution in [0.2, 0.25) is 5.02 Å². The summed E-state index contributed by atoms with van der Waals surface area (Å²) in [5.41, 5.74) is -0.393. The summed E-state index contributed by atoms with van der Waals surface area (Å²) in [5.74, 6) is 1.02. The van der Waals surface area contributed by atoms with Gasteiger partial charge in [-0.15, -0.1) is 0 Å². The molecule has 1 unspecified atom stereocenters. The first kappa shape index (κ1) is 24.3. The van der Waals surface area contributed by atoms with Crippen molar-refractivity contribution in [2.24, 2.45) is 5.41 Å². The quantitative estimate of drug-likeness (QED) is 0.604. The van der Waals surface area contributed by atoms with Crippen LogP contribution in [0.15, 0.2) is 24.3 Å². The predicted octanol–water partition coefficient (Wildman–Crippen LogP) is 3.06. The Hall–Kier alpha value is -1.83. The number of carbonyl (C=O) groups is 2. The summed E-state index contributed by atoms with van der Waals surface area (Å²) >= 11 is 6.14. The second-order valence-electron chi connectivity index (χ2n) is 9.67. The molecule has 182 valence electrons. The van der Waals surface area contributed by atoms with Crippen molar-refractivity contribution >= 4 is 23.4 Å². The first-order valence-corrected chi connectivity index (χ1v) is 12.6. The maximum atomic E-state index is 13.3. The third-order valence-electron chi connectivity index (χ3n) is 7.05. The minimum atomic E-state index is -0.393. The molecule has 3 saturated heterocycles. The Labute approximate surface area is 201 Å². The molecular formula is C25H36ClN3O4. The van der Waals surface area contributed by atoms with Gasteiger partial charge in [-0.1, -0.05) is 17.7 Å². The van der Waals surface area contributed by atoms with E-state index in [1.165, 1.54) is 6.42 Å². The first-order chi connectivity index (χ1) is 16.0. The number of halogens is 1. The Balaban J connectivity index is 1.45. The normalized spacial score (nSPS) is 24.5. The molecule has 3 heterocycles. The molecule has 33 heavy (non-hydrogen) atoms. The molecule has 3 aliphatic heterocycles. The van der Waals surface area contributed by atoms with E-state index >= 15 is 0 Å². The minimum absolute atomic E-state index is 0.133. The van der Waals surface area contributed by atoms with E-state index in [4.69, 9.17) is 21.1 Å². The highest BCUT2D eigenvalue weighted by Crippen LogP contribution is 2.36. The van der Waals surface area contributed by atoms with Gasteiger partial charge in [0.25, 0.3) is 0 Å². The van der Waals surface area contributed by atoms with Gasteiger partial charge in [0.15, 0.2) is 0 Å². The lowest BCUT2D eigenvalue weighted by Gasteiger charge is -2.44. The number of carbonyl (C=O) groups excluding carboxylic acids is 2. The molecule has 4 rings (SSSR count). The average molecular weight is 478 g/mol. The van der Waals surface area contributed by atoms with Crippen LogP contribution in [-0.2, 0) is 14.3 Å². The summed E-state index contributed by atoms with van der Waals surface area (Å²) in [5, 5.41) is 0.622. The number of hydrogen-bond donors (Lipinski definition) is 0. The van der Waals surface area contributed by atoms with E-state index in [1.54, 1.807) is 6.07 Å². The SMILES string of the molecule is O=C(CC1(COc2cccc(Cl)c2)CCCN(C(=O)CN2CCOCC2)C1)N1CCCCC1. The van der Waals surface area contributed by atoms with Crippen molar-refractivity contribution in [1.82, 2.24) is 14.7 Å². The maximum absolute atomic E-state index is 13.3. The van der Waals surface area contributed by atoms with E-state index in [0.717, 1.165) is 58.4 Å². The van der Waals surface area contributed by atoms with E-state index in [-0.39, 0.29) is 11.8 Å². The molecule has 1 aromatic rings. The van der Waals surface area contributed by atoms with Crippen LogP contribution in [0, 0.1) is 5.41 Å². The summed E-state index contributed by atoms with van der Waals surface area (Å²) < 4.78 is 11.6. The van der Waals surface area contributed by atoms with Crippen molar-refractivity contribution < 1.29 is 19.1 Å². The molecule has 0 radical (unpaired) electrons. The van der Waals surface area contributed by atoms with Gasteiger partial charge in [-0.2, -0.15) is 0 Å². The van der Waals surface area contributed by atoms with Gasteiger partial charge < -0.3 is 19.3 Å². The topological polar surface area (TPSA) is 62.3 Å². The lowest BCUT2D eigenvalue weighted by Crippen LogP contribution is -2.53. The number of amides is 2. The predicted molar refractivity (Wildman–Crippen MR) is 128 cm³/mol. The van der Waals surface area contributed by atoms with Gasteiger partial charge in [0.05, 0.1) is 26.4 Å². The molecule has 3 aliphatic rings. The average Bonchev–Trinajstić information content (AvgIpc) is 2.84. The smallest absolute Gasteiger partial charge is 0.236 e. The van der Waals surface area contributed by atoms with Crippen molar-refractivity contribution in [3.63, 3.8) is 0 Å². The largest absolute Gasteiger partial charge is 0.493 e. The number of benzene rings is 1. The van der Waals surface area contributed by atoms with Crippen LogP contribution in [0.5, 0.6) is 5.75 Å². The van der Waals surface area contributed by atoms with Crippen LogP contribution in [-0.4, -0.2) is 92.1 Å². The zero-order valence-electron chi connectivity index (χ0n) is 19.5. The number of hydrogen-bond acceptors (Lipinski definition) is 5. The zero-order chi connectivity index (χ0) is 23.1. The van der Waals surface area contributed by atoms with Crippen molar-refractivity contribution in [1.29, 1.82) is 0 Å². The first-order valence-electron chi connectivity index (χ1n) is 12.3. The van der Waals surface area contributed by atoms with Gasteiger partial charge in [-0.25, -0.2) is 0 Å². The molecule has 7 nitrogen and oxygen atoms in total. The Morgan fingerprint density at radius 2 is 1.73 bits per heavy atom. The fraction of sp³-hybridized carbons (Fsp3) is 0.680. The molecule has 0 bridgehead atoms. The second kappa shape index (κ2) is 11.5. The Morgan fingerprint density at radius 3 is 2.48 bits per heavy atom. The van der Waals surface area contributed by atoms with Crippen LogP contribution >= 0.6 is 11.6 Å². The molecule has 0 aliphatic carbocycles. The van der Waals surface area contributed by atoms with Gasteiger partial charge in [0.2, 0.25) is 11.8 Å². The molecule has 0 N–H and O–H groups in total. The molecule has 1 atom stereocenters. The standard InChI is InChI=1S/C25H36ClN3O4/c26-21-6-4-7-22(16-21)33-20-25(17-23(30)28-9-2-1-3-10-28)8-5-11-29(19-25)24(31)18-27-12-14-32-15-13-27/h4,6-7,16H,1-3,5,8-15,17-20H2. The van der Waals surface area contributed by atoms with Gasteiger partial charge in [0.1, 0.15) is 5.75 Å². The fourth-order valence-corrected chi connectivity index (χ4v) is 5.33. The van der Waals surface area contributed by atoms with Gasteiger partial charge in [-0.05, 0) is 50.3 Å². The van der Waals surface area contributed by atoms with Crippen LogP contribution in [0.3, 0.4) is 0 Å². The lowest BCUT2D eigenvalue weighted by atomic mass is 9.77. The highest BCUT2D eigenvalue weighted by molar-refractivity contribution is 6.30. The Morgan fingerprint density at radius 1 is 0.970 bits per heavy atom.